The topological polar surface area (TPSA) is 35.6 Å². The van der Waals surface area contributed by atoms with E-state index in [-0.39, 0.29) is 11.8 Å². The Labute approximate surface area is 324 Å². The molecule has 2 aliphatic carbocycles. The first-order valence-corrected chi connectivity index (χ1v) is 19.3. The molecule has 3 heterocycles. The summed E-state index contributed by atoms with van der Waals surface area (Å²) in [5.74, 6) is 1.98. The average molecular weight is 715 g/mol. The Hall–Kier alpha value is -7.30. The van der Waals surface area contributed by atoms with Crippen LogP contribution in [-0.4, -0.2) is 19.1 Å². The second kappa shape index (κ2) is 12.1. The normalized spacial score (nSPS) is 15.9. The molecule has 4 heteroatoms. The molecule has 0 fully saturated rings. The van der Waals surface area contributed by atoms with E-state index in [0.717, 1.165) is 44.9 Å². The summed E-state index contributed by atoms with van der Waals surface area (Å²) in [7, 11) is 0. The Morgan fingerprint density at radius 3 is 1.70 bits per heavy atom. The summed E-state index contributed by atoms with van der Waals surface area (Å²) in [6.07, 6.45) is 7.11. The zero-order chi connectivity index (χ0) is 36.7. The lowest BCUT2D eigenvalue weighted by atomic mass is 9.69. The van der Waals surface area contributed by atoms with E-state index in [1.807, 2.05) is 6.07 Å². The zero-order valence-corrected chi connectivity index (χ0v) is 30.4. The molecule has 7 aromatic carbocycles. The van der Waals surface area contributed by atoms with Crippen molar-refractivity contribution in [2.24, 2.45) is 0 Å². The van der Waals surface area contributed by atoms with Crippen molar-refractivity contribution < 1.29 is 0 Å². The predicted octanol–water partition coefficient (Wildman–Crippen LogP) is 12.8. The molecule has 0 aliphatic heterocycles. The fraction of sp³-hybridized carbons (Fsp3) is 0.0385. The third-order valence-corrected chi connectivity index (χ3v) is 11.9. The number of nitrogens with zero attached hydrogens (tertiary/aromatic N) is 4. The number of benzene rings is 7. The van der Waals surface area contributed by atoms with E-state index in [0.29, 0.717) is 5.82 Å². The van der Waals surface area contributed by atoms with Crippen LogP contribution < -0.4 is 0 Å². The van der Waals surface area contributed by atoms with Gasteiger partial charge in [0.05, 0.1) is 27.8 Å². The van der Waals surface area contributed by atoms with Crippen molar-refractivity contribution in [3.63, 3.8) is 0 Å². The molecule has 2 aliphatic rings. The molecule has 2 unspecified atom stereocenters. The van der Waals surface area contributed by atoms with Crippen molar-refractivity contribution in [2.45, 2.75) is 11.8 Å². The molecular formula is C52H34N4. The van der Waals surface area contributed by atoms with Gasteiger partial charge in [-0.1, -0.05) is 164 Å². The van der Waals surface area contributed by atoms with Crippen LogP contribution in [0, 0.1) is 0 Å². The smallest absolute Gasteiger partial charge is 0.162 e. The minimum atomic E-state index is 0.189. The average Bonchev–Trinajstić information content (AvgIpc) is 3.80. The molecule has 0 saturated carbocycles. The maximum Gasteiger partial charge on any atom is 0.162 e. The summed E-state index contributed by atoms with van der Waals surface area (Å²) in [5.41, 5.74) is 14.0. The largest absolute Gasteiger partial charge is 0.307 e. The van der Waals surface area contributed by atoms with Crippen molar-refractivity contribution in [2.75, 3.05) is 0 Å². The van der Waals surface area contributed by atoms with Crippen LogP contribution in [0.3, 0.4) is 0 Å². The van der Waals surface area contributed by atoms with Gasteiger partial charge in [0.15, 0.2) is 5.82 Å². The Bertz CT molecular complexity index is 3260. The minimum Gasteiger partial charge on any atom is -0.307 e. The maximum absolute atomic E-state index is 5.44. The Kier molecular flexibility index (Phi) is 6.72. The van der Waals surface area contributed by atoms with Gasteiger partial charge in [0, 0.05) is 50.7 Å². The first-order valence-electron chi connectivity index (χ1n) is 19.3. The Balaban J connectivity index is 1.15. The summed E-state index contributed by atoms with van der Waals surface area (Å²) in [5, 5.41) is 4.80. The van der Waals surface area contributed by atoms with E-state index in [2.05, 4.69) is 197 Å². The first kappa shape index (κ1) is 31.1. The second-order valence-electron chi connectivity index (χ2n) is 14.9. The van der Waals surface area contributed by atoms with E-state index in [1.165, 1.54) is 49.3 Å². The first-order chi connectivity index (χ1) is 27.8. The molecule has 0 bridgehead atoms. The number of aromatic nitrogens is 4. The fourth-order valence-corrected chi connectivity index (χ4v) is 9.49. The molecule has 56 heavy (non-hydrogen) atoms. The highest BCUT2D eigenvalue weighted by Crippen LogP contribution is 2.51. The second-order valence-corrected chi connectivity index (χ2v) is 14.9. The molecule has 0 radical (unpaired) electrons. The van der Waals surface area contributed by atoms with Crippen molar-refractivity contribution in [1.82, 2.24) is 19.1 Å². The lowest BCUT2D eigenvalue weighted by Gasteiger charge is -2.34. The van der Waals surface area contributed by atoms with Crippen molar-refractivity contribution in [3.8, 4) is 34.0 Å². The monoisotopic (exact) mass is 714 g/mol. The Morgan fingerprint density at radius 1 is 0.446 bits per heavy atom. The standard InChI is InChI=1S/C52H34N4/c1-3-15-33(16-4-1)52-53-46(34-27-28-40-38-21-8-7-19-36(38)37-20-9-10-22-39(37)45(40)31-34)32-49(54-52)56-48-26-14-12-24-42(48)44-30-29-43-41-23-11-13-25-47(41)55(50(43)51(44)56)35-17-5-2-6-18-35/h1-32,40,45H. The molecular weight excluding hydrogens is 681 g/mol. The van der Waals surface area contributed by atoms with Gasteiger partial charge in [-0.15, -0.1) is 0 Å². The van der Waals surface area contributed by atoms with Gasteiger partial charge in [-0.2, -0.15) is 0 Å². The van der Waals surface area contributed by atoms with Crippen LogP contribution in [0.2, 0.25) is 0 Å². The van der Waals surface area contributed by atoms with Crippen LogP contribution in [0.5, 0.6) is 0 Å². The van der Waals surface area contributed by atoms with Gasteiger partial charge in [0.2, 0.25) is 0 Å². The highest BCUT2D eigenvalue weighted by Gasteiger charge is 2.33. The van der Waals surface area contributed by atoms with Gasteiger partial charge >= 0.3 is 0 Å². The van der Waals surface area contributed by atoms with Crippen molar-refractivity contribution >= 4 is 49.2 Å². The zero-order valence-electron chi connectivity index (χ0n) is 30.4. The summed E-state index contributed by atoms with van der Waals surface area (Å²) >= 11 is 0. The maximum atomic E-state index is 5.44. The molecule has 12 rings (SSSR count). The van der Waals surface area contributed by atoms with E-state index in [9.17, 15) is 0 Å². The van der Waals surface area contributed by atoms with Crippen LogP contribution >= 0.6 is 0 Å². The summed E-state index contributed by atoms with van der Waals surface area (Å²) in [6.45, 7) is 0. The summed E-state index contributed by atoms with van der Waals surface area (Å²) < 4.78 is 4.80. The van der Waals surface area contributed by atoms with Crippen LogP contribution in [0.1, 0.15) is 28.7 Å². The summed E-state index contributed by atoms with van der Waals surface area (Å²) in [6, 6.07) is 63.1. The van der Waals surface area contributed by atoms with E-state index in [4.69, 9.17) is 9.97 Å². The van der Waals surface area contributed by atoms with E-state index >= 15 is 0 Å². The predicted molar refractivity (Wildman–Crippen MR) is 231 cm³/mol. The molecule has 0 N–H and O–H groups in total. The van der Waals surface area contributed by atoms with Crippen molar-refractivity contribution in [1.29, 1.82) is 0 Å². The minimum absolute atomic E-state index is 0.189. The molecule has 262 valence electrons. The van der Waals surface area contributed by atoms with Crippen LogP contribution in [0.25, 0.3) is 83.2 Å². The number of para-hydroxylation sites is 3. The lowest BCUT2D eigenvalue weighted by Crippen LogP contribution is -2.17. The van der Waals surface area contributed by atoms with Gasteiger partial charge in [0.25, 0.3) is 0 Å². The fourth-order valence-electron chi connectivity index (χ4n) is 9.49. The number of rotatable bonds is 4. The number of fused-ring (bicyclic) bond motifs is 13. The van der Waals surface area contributed by atoms with Gasteiger partial charge in [-0.05, 0) is 52.1 Å². The number of allylic oxidation sites excluding steroid dienone is 4. The van der Waals surface area contributed by atoms with Crippen LogP contribution in [-0.2, 0) is 0 Å². The third-order valence-electron chi connectivity index (χ3n) is 11.9. The number of hydrogen-bond donors (Lipinski definition) is 0. The van der Waals surface area contributed by atoms with E-state index in [1.54, 1.807) is 0 Å². The molecule has 3 aromatic heterocycles. The molecule has 0 saturated heterocycles. The third kappa shape index (κ3) is 4.53. The molecule has 0 amide bonds. The van der Waals surface area contributed by atoms with Gasteiger partial charge in [0.1, 0.15) is 5.82 Å². The van der Waals surface area contributed by atoms with Crippen LogP contribution in [0.15, 0.2) is 194 Å². The highest BCUT2D eigenvalue weighted by molar-refractivity contribution is 6.23. The SMILES string of the molecule is C1=CC2c3ccccc3-c3ccccc3C2C=C1c1cc(-n2c3ccccc3c3ccc4c5ccccc5n(-c5ccccc5)c4c32)nc(-c2ccccc2)n1. The van der Waals surface area contributed by atoms with E-state index < -0.39 is 0 Å². The Morgan fingerprint density at radius 2 is 1.00 bits per heavy atom. The highest BCUT2D eigenvalue weighted by atomic mass is 15.1. The van der Waals surface area contributed by atoms with Crippen molar-refractivity contribution in [3.05, 3.63) is 211 Å². The lowest BCUT2D eigenvalue weighted by molar-refractivity contribution is 0.722. The molecule has 10 aromatic rings. The van der Waals surface area contributed by atoms with Gasteiger partial charge < -0.3 is 4.57 Å². The van der Waals surface area contributed by atoms with Gasteiger partial charge in [-0.25, -0.2) is 9.97 Å². The molecule has 0 spiro atoms. The molecule has 2 atom stereocenters. The van der Waals surface area contributed by atoms with Crippen LogP contribution in [0.4, 0.5) is 0 Å². The quantitative estimate of drug-likeness (QED) is 0.182. The number of hydrogen-bond acceptors (Lipinski definition) is 2. The summed E-state index contributed by atoms with van der Waals surface area (Å²) in [4.78, 5) is 10.8. The molecule has 4 nitrogen and oxygen atoms in total. The van der Waals surface area contributed by atoms with Gasteiger partial charge in [-0.3, -0.25) is 4.57 Å².